The van der Waals surface area contributed by atoms with E-state index < -0.39 is 6.10 Å². The number of hydrogen-bond acceptors (Lipinski definition) is 7. The van der Waals surface area contributed by atoms with Crippen molar-refractivity contribution >= 4 is 0 Å². The quantitative estimate of drug-likeness (QED) is 0.854. The van der Waals surface area contributed by atoms with Crippen LogP contribution in [0.2, 0.25) is 0 Å². The molecule has 1 aliphatic carbocycles. The summed E-state index contributed by atoms with van der Waals surface area (Å²) < 4.78 is 11.4. The van der Waals surface area contributed by atoms with Crippen LogP contribution in [0.3, 0.4) is 0 Å². The Balaban J connectivity index is 1.33. The minimum Gasteiger partial charge on any atom is -0.464 e. The summed E-state index contributed by atoms with van der Waals surface area (Å²) in [6.45, 7) is 6.76. The number of likely N-dealkylation sites (N-methyl/N-ethyl adjacent to an activating group) is 1. The summed E-state index contributed by atoms with van der Waals surface area (Å²) in [6, 6.07) is 4.23. The van der Waals surface area contributed by atoms with E-state index in [-0.39, 0.29) is 6.04 Å². The van der Waals surface area contributed by atoms with Crippen molar-refractivity contribution < 1.29 is 13.9 Å². The summed E-state index contributed by atoms with van der Waals surface area (Å²) in [6.07, 6.45) is 0.837. The molecule has 25 heavy (non-hydrogen) atoms. The van der Waals surface area contributed by atoms with E-state index in [9.17, 15) is 5.11 Å². The number of aliphatic hydroxyl groups is 1. The fourth-order valence-electron chi connectivity index (χ4n) is 3.76. The molecule has 2 fully saturated rings. The highest BCUT2D eigenvalue weighted by atomic mass is 16.4. The first-order valence-corrected chi connectivity index (χ1v) is 8.98. The van der Waals surface area contributed by atoms with Crippen molar-refractivity contribution in [2.75, 3.05) is 20.1 Å². The molecule has 4 rings (SSSR count). The lowest BCUT2D eigenvalue weighted by Crippen LogP contribution is -2.40. The van der Waals surface area contributed by atoms with Gasteiger partial charge in [-0.05, 0) is 31.5 Å². The molecule has 0 bridgehead atoms. The predicted molar refractivity (Wildman–Crippen MR) is 90.8 cm³/mol. The minimum absolute atomic E-state index is 0.0464. The Labute approximate surface area is 147 Å². The zero-order chi connectivity index (χ0) is 17.6. The standard InChI is InChI=1S/C18H26N4O3/c1-11-6-14(11)17-5-4-13(25-17)7-22-8-15(16(23)9-22)21(3)10-18-20-19-12(2)24-18/h4-5,11,14-16,23H,6-10H2,1-3H3/t11-,14-,15-,16-/m1/s1. The second kappa shape index (κ2) is 6.55. The maximum absolute atomic E-state index is 10.4. The molecule has 1 saturated heterocycles. The molecular weight excluding hydrogens is 320 g/mol. The molecule has 7 heteroatoms. The van der Waals surface area contributed by atoms with E-state index in [1.807, 2.05) is 7.05 Å². The smallest absolute Gasteiger partial charge is 0.230 e. The van der Waals surface area contributed by atoms with Gasteiger partial charge in [0.25, 0.3) is 0 Å². The topological polar surface area (TPSA) is 78.8 Å². The maximum atomic E-state index is 10.4. The van der Waals surface area contributed by atoms with Crippen molar-refractivity contribution in [3.63, 3.8) is 0 Å². The van der Waals surface area contributed by atoms with Crippen LogP contribution in [0, 0.1) is 12.8 Å². The molecule has 1 aliphatic heterocycles. The Bertz CT molecular complexity index is 727. The summed E-state index contributed by atoms with van der Waals surface area (Å²) in [5.41, 5.74) is 0. The Hall–Kier alpha value is -1.70. The van der Waals surface area contributed by atoms with Gasteiger partial charge in [-0.2, -0.15) is 0 Å². The van der Waals surface area contributed by atoms with Crippen molar-refractivity contribution in [2.45, 2.75) is 51.4 Å². The molecule has 2 aliphatic rings. The maximum Gasteiger partial charge on any atom is 0.230 e. The fourth-order valence-corrected chi connectivity index (χ4v) is 3.76. The van der Waals surface area contributed by atoms with Gasteiger partial charge in [0, 0.05) is 32.0 Å². The molecule has 1 N–H and O–H groups in total. The van der Waals surface area contributed by atoms with Crippen LogP contribution in [-0.4, -0.2) is 57.4 Å². The summed E-state index contributed by atoms with van der Waals surface area (Å²) >= 11 is 0. The monoisotopic (exact) mass is 346 g/mol. The van der Waals surface area contributed by atoms with Gasteiger partial charge in [-0.1, -0.05) is 6.92 Å². The minimum atomic E-state index is -0.396. The number of likely N-dealkylation sites (tertiary alicyclic amines) is 1. The zero-order valence-corrected chi connectivity index (χ0v) is 15.1. The summed E-state index contributed by atoms with van der Waals surface area (Å²) in [5.74, 6) is 4.60. The number of rotatable bonds is 6. The van der Waals surface area contributed by atoms with Crippen LogP contribution in [-0.2, 0) is 13.1 Å². The van der Waals surface area contributed by atoms with Crippen LogP contribution in [0.15, 0.2) is 21.0 Å². The van der Waals surface area contributed by atoms with Gasteiger partial charge in [-0.3, -0.25) is 9.80 Å². The van der Waals surface area contributed by atoms with Crippen molar-refractivity contribution in [2.24, 2.45) is 5.92 Å². The molecule has 0 unspecified atom stereocenters. The Morgan fingerprint density at radius 3 is 2.76 bits per heavy atom. The van der Waals surface area contributed by atoms with Gasteiger partial charge in [0.2, 0.25) is 11.8 Å². The third-order valence-electron chi connectivity index (χ3n) is 5.39. The highest BCUT2D eigenvalue weighted by Gasteiger charge is 2.37. The van der Waals surface area contributed by atoms with Crippen LogP contribution in [0.4, 0.5) is 0 Å². The number of hydrogen-bond donors (Lipinski definition) is 1. The number of nitrogens with zero attached hydrogens (tertiary/aromatic N) is 4. The number of aromatic nitrogens is 2. The third-order valence-corrected chi connectivity index (χ3v) is 5.39. The van der Waals surface area contributed by atoms with Gasteiger partial charge in [0.1, 0.15) is 11.5 Å². The van der Waals surface area contributed by atoms with E-state index in [1.165, 1.54) is 6.42 Å². The highest BCUT2D eigenvalue weighted by Crippen LogP contribution is 2.47. The van der Waals surface area contributed by atoms with Gasteiger partial charge in [-0.25, -0.2) is 0 Å². The van der Waals surface area contributed by atoms with Gasteiger partial charge in [0.15, 0.2) is 0 Å². The molecule has 136 valence electrons. The van der Waals surface area contributed by atoms with E-state index in [0.29, 0.717) is 30.8 Å². The fraction of sp³-hybridized carbons (Fsp3) is 0.667. The van der Waals surface area contributed by atoms with E-state index >= 15 is 0 Å². The molecule has 0 amide bonds. The lowest BCUT2D eigenvalue weighted by atomic mass is 10.2. The largest absolute Gasteiger partial charge is 0.464 e. The summed E-state index contributed by atoms with van der Waals surface area (Å²) in [7, 11) is 1.98. The van der Waals surface area contributed by atoms with Crippen molar-refractivity contribution in [1.29, 1.82) is 0 Å². The third kappa shape index (κ3) is 3.63. The van der Waals surface area contributed by atoms with Crippen LogP contribution in [0.25, 0.3) is 0 Å². The second-order valence-electron chi connectivity index (χ2n) is 7.58. The molecule has 2 aromatic heterocycles. The van der Waals surface area contributed by atoms with Gasteiger partial charge in [0.05, 0.1) is 19.2 Å². The van der Waals surface area contributed by atoms with E-state index in [4.69, 9.17) is 8.83 Å². The number of β-amino-alcohol motifs (C(OH)–C–C–N with tert-alkyl or cyclic N) is 1. The molecule has 0 spiro atoms. The first-order valence-electron chi connectivity index (χ1n) is 8.98. The molecule has 0 radical (unpaired) electrons. The second-order valence-corrected chi connectivity index (χ2v) is 7.58. The first-order chi connectivity index (χ1) is 12.0. The summed E-state index contributed by atoms with van der Waals surface area (Å²) in [5, 5.41) is 18.3. The molecular formula is C18H26N4O3. The Morgan fingerprint density at radius 2 is 2.08 bits per heavy atom. The highest BCUT2D eigenvalue weighted by molar-refractivity contribution is 5.17. The normalized spacial score (nSPS) is 29.6. The Morgan fingerprint density at radius 1 is 1.28 bits per heavy atom. The van der Waals surface area contributed by atoms with Crippen molar-refractivity contribution in [3.05, 3.63) is 35.4 Å². The number of aryl methyl sites for hydroxylation is 1. The van der Waals surface area contributed by atoms with E-state index in [1.54, 1.807) is 6.92 Å². The predicted octanol–water partition coefficient (Wildman–Crippen LogP) is 1.77. The average molecular weight is 346 g/mol. The molecule has 4 atom stereocenters. The summed E-state index contributed by atoms with van der Waals surface area (Å²) in [4.78, 5) is 4.32. The van der Waals surface area contributed by atoms with Crippen LogP contribution in [0.1, 0.15) is 42.6 Å². The van der Waals surface area contributed by atoms with E-state index in [0.717, 1.165) is 30.5 Å². The van der Waals surface area contributed by atoms with Crippen LogP contribution >= 0.6 is 0 Å². The van der Waals surface area contributed by atoms with Gasteiger partial charge < -0.3 is 13.9 Å². The van der Waals surface area contributed by atoms with Gasteiger partial charge >= 0.3 is 0 Å². The van der Waals surface area contributed by atoms with Crippen LogP contribution < -0.4 is 0 Å². The van der Waals surface area contributed by atoms with Crippen molar-refractivity contribution in [3.8, 4) is 0 Å². The number of aliphatic hydroxyl groups excluding tert-OH is 1. The number of furan rings is 1. The average Bonchev–Trinajstić information content (AvgIpc) is 2.95. The van der Waals surface area contributed by atoms with Gasteiger partial charge in [-0.15, -0.1) is 10.2 Å². The lowest BCUT2D eigenvalue weighted by Gasteiger charge is -2.24. The first kappa shape index (κ1) is 16.8. The Kier molecular flexibility index (Phi) is 4.39. The zero-order valence-electron chi connectivity index (χ0n) is 15.1. The van der Waals surface area contributed by atoms with Crippen LogP contribution in [0.5, 0.6) is 0 Å². The van der Waals surface area contributed by atoms with E-state index in [2.05, 4.69) is 39.1 Å². The SMILES string of the molecule is Cc1nnc(CN(C)[C@@H]2CN(Cc3ccc([C@@H]4C[C@H]4C)o3)C[C@H]2O)o1. The molecule has 7 nitrogen and oxygen atoms in total. The molecule has 2 aromatic rings. The van der Waals surface area contributed by atoms with Crippen molar-refractivity contribution in [1.82, 2.24) is 20.0 Å². The lowest BCUT2D eigenvalue weighted by molar-refractivity contribution is 0.0898. The molecule has 1 saturated carbocycles. The molecule has 3 heterocycles. The molecule has 0 aromatic carbocycles.